The van der Waals surface area contributed by atoms with Gasteiger partial charge in [-0.05, 0) is 37.2 Å². The number of nitrogens with one attached hydrogen (secondary N) is 1. The highest BCUT2D eigenvalue weighted by Gasteiger charge is 2.03. The second-order valence-corrected chi connectivity index (χ2v) is 4.97. The van der Waals surface area contributed by atoms with E-state index in [0.29, 0.717) is 0 Å². The van der Waals surface area contributed by atoms with Crippen LogP contribution in [0.3, 0.4) is 0 Å². The Morgan fingerprint density at radius 2 is 2.00 bits per heavy atom. The Morgan fingerprint density at radius 1 is 1.24 bits per heavy atom. The number of hydrogen-bond acceptors (Lipinski definition) is 3. The average Bonchev–Trinajstić information content (AvgIpc) is 2.34. The molecule has 2 rings (SSSR count). The van der Waals surface area contributed by atoms with Crippen LogP contribution in [-0.4, -0.2) is 12.0 Å². The van der Waals surface area contributed by atoms with Crippen molar-refractivity contribution in [2.75, 3.05) is 7.05 Å². The molecule has 88 valence electrons. The normalized spacial score (nSPS) is 10.5. The van der Waals surface area contributed by atoms with Crippen molar-refractivity contribution < 1.29 is 0 Å². The number of nitrogens with zero attached hydrogens (tertiary/aromatic N) is 1. The van der Waals surface area contributed by atoms with Crippen molar-refractivity contribution in [1.29, 1.82) is 0 Å². The number of benzene rings is 1. The summed E-state index contributed by atoms with van der Waals surface area (Å²) in [4.78, 5) is 5.74. The summed E-state index contributed by atoms with van der Waals surface area (Å²) < 4.78 is 0. The molecule has 1 aromatic heterocycles. The summed E-state index contributed by atoms with van der Waals surface area (Å²) in [7, 11) is 1.95. The molecule has 0 saturated carbocycles. The van der Waals surface area contributed by atoms with Crippen molar-refractivity contribution in [3.05, 3.63) is 53.7 Å². The highest BCUT2D eigenvalue weighted by Crippen LogP contribution is 2.28. The van der Waals surface area contributed by atoms with Crippen LogP contribution in [0.15, 0.2) is 52.5 Å². The van der Waals surface area contributed by atoms with E-state index in [1.165, 1.54) is 16.0 Å². The van der Waals surface area contributed by atoms with Gasteiger partial charge in [0.25, 0.3) is 0 Å². The largest absolute Gasteiger partial charge is 0.316 e. The maximum Gasteiger partial charge on any atom is 0.104 e. The van der Waals surface area contributed by atoms with Gasteiger partial charge in [0.2, 0.25) is 0 Å². The molecule has 0 atom stereocenters. The minimum absolute atomic E-state index is 0.865. The van der Waals surface area contributed by atoms with Gasteiger partial charge in [0.15, 0.2) is 0 Å². The summed E-state index contributed by atoms with van der Waals surface area (Å²) in [6.45, 7) is 2.97. The first-order chi connectivity index (χ1) is 8.29. The lowest BCUT2D eigenvalue weighted by atomic mass is 10.2. The average molecular weight is 244 g/mol. The topological polar surface area (TPSA) is 24.9 Å². The lowest BCUT2D eigenvalue weighted by molar-refractivity contribution is 0.807. The Hall–Kier alpha value is -1.32. The summed E-state index contributed by atoms with van der Waals surface area (Å²) >= 11 is 1.71. The number of aryl methyl sites for hydroxylation is 1. The van der Waals surface area contributed by atoms with Crippen molar-refractivity contribution in [2.45, 2.75) is 23.4 Å². The minimum atomic E-state index is 0.865. The highest BCUT2D eigenvalue weighted by molar-refractivity contribution is 7.99. The van der Waals surface area contributed by atoms with Crippen molar-refractivity contribution in [3.63, 3.8) is 0 Å². The summed E-state index contributed by atoms with van der Waals surface area (Å²) in [5, 5.41) is 4.21. The second kappa shape index (κ2) is 5.84. The quantitative estimate of drug-likeness (QED) is 0.893. The van der Waals surface area contributed by atoms with Crippen LogP contribution in [0.5, 0.6) is 0 Å². The third-order valence-electron chi connectivity index (χ3n) is 2.43. The van der Waals surface area contributed by atoms with Crippen LogP contribution in [0.4, 0.5) is 0 Å². The molecule has 0 radical (unpaired) electrons. The number of rotatable bonds is 4. The molecule has 0 fully saturated rings. The Bertz CT molecular complexity index is 483. The van der Waals surface area contributed by atoms with Crippen molar-refractivity contribution in [3.8, 4) is 0 Å². The monoisotopic (exact) mass is 244 g/mol. The van der Waals surface area contributed by atoms with Gasteiger partial charge >= 0.3 is 0 Å². The number of hydrogen-bond donors (Lipinski definition) is 1. The fraction of sp³-hybridized carbons (Fsp3) is 0.214. The molecule has 0 aliphatic heterocycles. The fourth-order valence-corrected chi connectivity index (χ4v) is 2.47. The van der Waals surface area contributed by atoms with E-state index in [-0.39, 0.29) is 0 Å². The second-order valence-electron chi connectivity index (χ2n) is 3.91. The van der Waals surface area contributed by atoms with E-state index < -0.39 is 0 Å². The maximum absolute atomic E-state index is 4.52. The van der Waals surface area contributed by atoms with Gasteiger partial charge in [0.1, 0.15) is 5.03 Å². The van der Waals surface area contributed by atoms with Crippen LogP contribution >= 0.6 is 11.8 Å². The van der Waals surface area contributed by atoms with Crippen LogP contribution in [0.2, 0.25) is 0 Å². The van der Waals surface area contributed by atoms with Gasteiger partial charge in [-0.25, -0.2) is 4.98 Å². The van der Waals surface area contributed by atoms with Gasteiger partial charge in [-0.2, -0.15) is 0 Å². The molecule has 1 aromatic carbocycles. The molecule has 3 heteroatoms. The third kappa shape index (κ3) is 3.32. The summed E-state index contributed by atoms with van der Waals surface area (Å²) in [5.74, 6) is 0. The van der Waals surface area contributed by atoms with Gasteiger partial charge in [-0.15, -0.1) is 0 Å². The Balaban J connectivity index is 2.17. The van der Waals surface area contributed by atoms with Crippen LogP contribution < -0.4 is 5.32 Å². The van der Waals surface area contributed by atoms with Gasteiger partial charge in [0, 0.05) is 17.6 Å². The molecule has 0 aliphatic rings. The summed E-state index contributed by atoms with van der Waals surface area (Å²) in [6.07, 6.45) is 1.94. The van der Waals surface area contributed by atoms with E-state index in [1.54, 1.807) is 11.8 Å². The minimum Gasteiger partial charge on any atom is -0.316 e. The van der Waals surface area contributed by atoms with E-state index in [0.717, 1.165) is 11.6 Å². The summed E-state index contributed by atoms with van der Waals surface area (Å²) in [5.41, 5.74) is 2.45. The Morgan fingerprint density at radius 3 is 2.65 bits per heavy atom. The first-order valence-electron chi connectivity index (χ1n) is 5.62. The molecule has 2 aromatic rings. The van der Waals surface area contributed by atoms with Gasteiger partial charge < -0.3 is 5.32 Å². The van der Waals surface area contributed by atoms with Crippen LogP contribution in [0.1, 0.15) is 11.1 Å². The van der Waals surface area contributed by atoms with Gasteiger partial charge in [-0.3, -0.25) is 0 Å². The molecular formula is C14H16N2S. The van der Waals surface area contributed by atoms with E-state index in [9.17, 15) is 0 Å². The lowest BCUT2D eigenvalue weighted by Crippen LogP contribution is -2.05. The zero-order valence-corrected chi connectivity index (χ0v) is 10.9. The van der Waals surface area contributed by atoms with Crippen molar-refractivity contribution in [2.24, 2.45) is 0 Å². The van der Waals surface area contributed by atoms with Crippen molar-refractivity contribution >= 4 is 11.8 Å². The molecule has 1 heterocycles. The van der Waals surface area contributed by atoms with Gasteiger partial charge in [-0.1, -0.05) is 36.0 Å². The van der Waals surface area contributed by atoms with E-state index in [4.69, 9.17) is 0 Å². The van der Waals surface area contributed by atoms with E-state index in [2.05, 4.69) is 35.4 Å². The molecule has 0 aliphatic carbocycles. The van der Waals surface area contributed by atoms with E-state index >= 15 is 0 Å². The lowest BCUT2D eigenvalue weighted by Gasteiger charge is -2.07. The summed E-state index contributed by atoms with van der Waals surface area (Å²) in [6, 6.07) is 12.5. The smallest absolute Gasteiger partial charge is 0.104 e. The molecule has 2 nitrogen and oxygen atoms in total. The molecule has 0 spiro atoms. The fourth-order valence-electron chi connectivity index (χ4n) is 1.63. The highest BCUT2D eigenvalue weighted by atomic mass is 32.2. The number of pyridine rings is 1. The first kappa shape index (κ1) is 12.1. The van der Waals surface area contributed by atoms with Crippen LogP contribution in [0, 0.1) is 6.92 Å². The molecule has 0 saturated heterocycles. The molecule has 17 heavy (non-hydrogen) atoms. The Labute approximate surface area is 106 Å². The molecular weight excluding hydrogens is 228 g/mol. The SMILES string of the molecule is CNCc1cnc(Sc2ccccc2)c(C)c1. The van der Waals surface area contributed by atoms with Crippen LogP contribution in [-0.2, 0) is 6.54 Å². The van der Waals surface area contributed by atoms with E-state index in [1.807, 2.05) is 31.4 Å². The molecule has 0 unspecified atom stereocenters. The zero-order valence-electron chi connectivity index (χ0n) is 10.1. The Kier molecular flexibility index (Phi) is 4.18. The zero-order chi connectivity index (χ0) is 12.1. The van der Waals surface area contributed by atoms with Crippen LogP contribution in [0.25, 0.3) is 0 Å². The van der Waals surface area contributed by atoms with Gasteiger partial charge in [0.05, 0.1) is 0 Å². The molecule has 0 bridgehead atoms. The third-order valence-corrected chi connectivity index (χ3v) is 3.55. The standard InChI is InChI=1S/C14H16N2S/c1-11-8-12(9-15-2)10-16-14(11)17-13-6-4-3-5-7-13/h3-8,10,15H,9H2,1-2H3. The first-order valence-corrected chi connectivity index (χ1v) is 6.44. The predicted molar refractivity (Wildman–Crippen MR) is 72.3 cm³/mol. The predicted octanol–water partition coefficient (Wildman–Crippen LogP) is 3.26. The molecule has 0 amide bonds. The van der Waals surface area contributed by atoms with Crippen molar-refractivity contribution in [1.82, 2.24) is 10.3 Å². The molecule has 1 N–H and O–H groups in total. The maximum atomic E-state index is 4.52. The number of aromatic nitrogens is 1.